The molecule has 0 aliphatic carbocycles. The van der Waals surface area contributed by atoms with Crippen LogP contribution in [0.1, 0.15) is 77.6 Å². The van der Waals surface area contributed by atoms with Crippen LogP contribution in [-0.2, 0) is 9.53 Å². The van der Waals surface area contributed by atoms with Crippen LogP contribution >= 0.6 is 0 Å². The van der Waals surface area contributed by atoms with Crippen molar-refractivity contribution in [3.05, 3.63) is 36.1 Å². The van der Waals surface area contributed by atoms with Gasteiger partial charge in [-0.25, -0.2) is 4.79 Å². The Bertz CT molecular complexity index is 407. The number of carboxylic acids is 1. The first-order chi connectivity index (χ1) is 11.2. The van der Waals surface area contributed by atoms with Crippen LogP contribution in [0.2, 0.25) is 0 Å². The fourth-order valence-corrected chi connectivity index (χ4v) is 2.76. The van der Waals surface area contributed by atoms with Crippen LogP contribution < -0.4 is 0 Å². The second-order valence-corrected chi connectivity index (χ2v) is 6.25. The smallest absolute Gasteiger partial charge is 0.328 e. The molecule has 0 aromatic rings. The lowest BCUT2D eigenvalue weighted by Crippen LogP contribution is -2.03. The monoisotopic (exact) mass is 320 g/mol. The van der Waals surface area contributed by atoms with Gasteiger partial charge in [0.1, 0.15) is 11.9 Å². The van der Waals surface area contributed by atoms with Gasteiger partial charge in [0.25, 0.3) is 0 Å². The number of aliphatic carboxylic acids is 1. The maximum Gasteiger partial charge on any atom is 0.328 e. The zero-order chi connectivity index (χ0) is 16.8. The van der Waals surface area contributed by atoms with Crippen molar-refractivity contribution in [2.24, 2.45) is 0 Å². The van der Waals surface area contributed by atoms with Gasteiger partial charge in [-0.2, -0.15) is 0 Å². The summed E-state index contributed by atoms with van der Waals surface area (Å²) in [4.78, 5) is 10.4. The quantitative estimate of drug-likeness (QED) is 0.346. The Labute approximate surface area is 141 Å². The van der Waals surface area contributed by atoms with Crippen molar-refractivity contribution in [3.63, 3.8) is 0 Å². The van der Waals surface area contributed by atoms with E-state index in [9.17, 15) is 4.79 Å². The van der Waals surface area contributed by atoms with E-state index in [1.807, 2.05) is 6.08 Å². The summed E-state index contributed by atoms with van der Waals surface area (Å²) >= 11 is 0. The third-order valence-electron chi connectivity index (χ3n) is 4.10. The fourth-order valence-electron chi connectivity index (χ4n) is 2.76. The minimum absolute atomic E-state index is 0.161. The van der Waals surface area contributed by atoms with E-state index in [-0.39, 0.29) is 6.10 Å². The minimum atomic E-state index is -0.939. The lowest BCUT2D eigenvalue weighted by atomic mass is 10.0. The van der Waals surface area contributed by atoms with Crippen molar-refractivity contribution >= 4 is 5.97 Å². The van der Waals surface area contributed by atoms with Crippen molar-refractivity contribution in [1.29, 1.82) is 0 Å². The van der Waals surface area contributed by atoms with Gasteiger partial charge in [0, 0.05) is 6.08 Å². The Morgan fingerprint density at radius 1 is 1.09 bits per heavy atom. The highest BCUT2D eigenvalue weighted by Gasteiger charge is 2.12. The van der Waals surface area contributed by atoms with Gasteiger partial charge in [-0.3, -0.25) is 0 Å². The number of unbranched alkanes of at least 4 members (excludes halogenated alkanes) is 9. The number of hydrogen-bond donors (Lipinski definition) is 1. The molecule has 1 aliphatic rings. The third kappa shape index (κ3) is 10.8. The molecule has 0 saturated heterocycles. The molecule has 1 N–H and O–H groups in total. The summed E-state index contributed by atoms with van der Waals surface area (Å²) in [6, 6.07) is 0. The average molecular weight is 320 g/mol. The van der Waals surface area contributed by atoms with Gasteiger partial charge in [0.05, 0.1) is 0 Å². The molecule has 0 spiro atoms. The molecule has 3 nitrogen and oxygen atoms in total. The van der Waals surface area contributed by atoms with Crippen LogP contribution in [-0.4, -0.2) is 17.2 Å². The molecule has 0 amide bonds. The molecule has 0 saturated carbocycles. The highest BCUT2D eigenvalue weighted by atomic mass is 16.5. The zero-order valence-corrected chi connectivity index (χ0v) is 14.5. The van der Waals surface area contributed by atoms with E-state index in [4.69, 9.17) is 9.84 Å². The molecular formula is C20H32O3. The summed E-state index contributed by atoms with van der Waals surface area (Å²) in [6.45, 7) is 2.26. The van der Waals surface area contributed by atoms with E-state index in [1.165, 1.54) is 70.3 Å². The third-order valence-corrected chi connectivity index (χ3v) is 4.10. The average Bonchev–Trinajstić information content (AvgIpc) is 2.96. The number of hydrogen-bond acceptors (Lipinski definition) is 2. The Balaban J connectivity index is 1.95. The molecule has 1 atom stereocenters. The maximum absolute atomic E-state index is 10.4. The van der Waals surface area contributed by atoms with E-state index in [2.05, 4.69) is 13.0 Å². The van der Waals surface area contributed by atoms with Gasteiger partial charge in [-0.15, -0.1) is 0 Å². The lowest BCUT2D eigenvalue weighted by molar-refractivity contribution is -0.131. The molecule has 1 unspecified atom stereocenters. The molecule has 0 fully saturated rings. The normalized spacial score (nSPS) is 18.8. The van der Waals surface area contributed by atoms with Gasteiger partial charge in [0.15, 0.2) is 0 Å². The molecule has 0 bridgehead atoms. The first-order valence-electron chi connectivity index (χ1n) is 9.18. The van der Waals surface area contributed by atoms with E-state index in [0.29, 0.717) is 0 Å². The van der Waals surface area contributed by atoms with Crippen LogP contribution in [0.5, 0.6) is 0 Å². The van der Waals surface area contributed by atoms with Gasteiger partial charge in [-0.1, -0.05) is 70.8 Å². The second-order valence-electron chi connectivity index (χ2n) is 6.25. The van der Waals surface area contributed by atoms with E-state index in [0.717, 1.165) is 18.3 Å². The second kappa shape index (κ2) is 13.0. The number of carbonyl (C=O) groups is 1. The first-order valence-corrected chi connectivity index (χ1v) is 9.18. The predicted molar refractivity (Wildman–Crippen MR) is 95.3 cm³/mol. The Kier molecular flexibility index (Phi) is 11.0. The molecule has 0 aromatic heterocycles. The van der Waals surface area contributed by atoms with Crippen molar-refractivity contribution in [2.75, 3.05) is 0 Å². The Morgan fingerprint density at radius 3 is 2.30 bits per heavy atom. The van der Waals surface area contributed by atoms with Crippen molar-refractivity contribution in [3.8, 4) is 0 Å². The highest BCUT2D eigenvalue weighted by Crippen LogP contribution is 2.20. The summed E-state index contributed by atoms with van der Waals surface area (Å²) < 4.78 is 5.73. The van der Waals surface area contributed by atoms with Gasteiger partial charge in [0.2, 0.25) is 0 Å². The van der Waals surface area contributed by atoms with E-state index >= 15 is 0 Å². The van der Waals surface area contributed by atoms with Crippen molar-refractivity contribution < 1.29 is 14.6 Å². The molecule has 130 valence electrons. The van der Waals surface area contributed by atoms with E-state index in [1.54, 1.807) is 6.08 Å². The maximum atomic E-state index is 10.4. The van der Waals surface area contributed by atoms with Crippen LogP contribution in [0.25, 0.3) is 0 Å². The minimum Gasteiger partial charge on any atom is -0.486 e. The number of rotatable bonds is 13. The Hall–Kier alpha value is -1.51. The number of allylic oxidation sites excluding steroid dienone is 3. The summed E-state index contributed by atoms with van der Waals surface area (Å²) in [5.74, 6) is -0.190. The van der Waals surface area contributed by atoms with Gasteiger partial charge < -0.3 is 9.84 Å². The highest BCUT2D eigenvalue weighted by molar-refractivity contribution is 5.80. The zero-order valence-electron chi connectivity index (χ0n) is 14.5. The summed E-state index contributed by atoms with van der Waals surface area (Å²) in [5.41, 5.74) is 0. The van der Waals surface area contributed by atoms with E-state index < -0.39 is 5.97 Å². The summed E-state index contributed by atoms with van der Waals surface area (Å²) in [6.07, 6.45) is 23.0. The summed E-state index contributed by atoms with van der Waals surface area (Å²) in [7, 11) is 0. The SMILES string of the molecule is CCCCCCCCCCCCC1C=CC(=CC=CC(=O)O)O1. The largest absolute Gasteiger partial charge is 0.486 e. The molecule has 0 aromatic carbocycles. The Morgan fingerprint density at radius 2 is 1.70 bits per heavy atom. The standard InChI is InChI=1S/C20H32O3/c1-2-3-4-5-6-7-8-9-10-11-13-18-16-17-19(23-18)14-12-15-20(21)22/h12,14-18H,2-11,13H2,1H3,(H,21,22). The molecule has 23 heavy (non-hydrogen) atoms. The molecule has 1 aliphatic heterocycles. The van der Waals surface area contributed by atoms with Gasteiger partial charge >= 0.3 is 5.97 Å². The molecular weight excluding hydrogens is 288 g/mol. The summed E-state index contributed by atoms with van der Waals surface area (Å²) in [5, 5.41) is 8.52. The fraction of sp³-hybridized carbons (Fsp3) is 0.650. The molecule has 0 radical (unpaired) electrons. The van der Waals surface area contributed by atoms with Crippen LogP contribution in [0.3, 0.4) is 0 Å². The first kappa shape index (κ1) is 19.5. The van der Waals surface area contributed by atoms with Crippen molar-refractivity contribution in [2.45, 2.75) is 83.7 Å². The van der Waals surface area contributed by atoms with Crippen LogP contribution in [0.15, 0.2) is 36.1 Å². The predicted octanol–water partition coefficient (Wildman–Crippen LogP) is 5.78. The van der Waals surface area contributed by atoms with Crippen LogP contribution in [0, 0.1) is 0 Å². The number of ether oxygens (including phenoxy) is 1. The lowest BCUT2D eigenvalue weighted by Gasteiger charge is -2.10. The molecule has 1 rings (SSSR count). The van der Waals surface area contributed by atoms with Gasteiger partial charge in [-0.05, 0) is 31.1 Å². The topological polar surface area (TPSA) is 46.5 Å². The van der Waals surface area contributed by atoms with Crippen LogP contribution in [0.4, 0.5) is 0 Å². The number of carboxylic acid groups (broad SMARTS) is 1. The molecule has 1 heterocycles. The molecule has 3 heteroatoms. The van der Waals surface area contributed by atoms with Crippen molar-refractivity contribution in [1.82, 2.24) is 0 Å².